The van der Waals surface area contributed by atoms with E-state index in [9.17, 15) is 9.59 Å². The highest BCUT2D eigenvalue weighted by Crippen LogP contribution is 2.34. The van der Waals surface area contributed by atoms with Crippen LogP contribution in [0.2, 0.25) is 0 Å². The lowest BCUT2D eigenvalue weighted by molar-refractivity contribution is -0.134. The van der Waals surface area contributed by atoms with Crippen molar-refractivity contribution in [1.82, 2.24) is 9.88 Å². The Hall–Kier alpha value is -3.06. The summed E-state index contributed by atoms with van der Waals surface area (Å²) in [5, 5.41) is 19.1. The molecule has 1 fully saturated rings. The van der Waals surface area contributed by atoms with E-state index in [4.69, 9.17) is 10.2 Å². The van der Waals surface area contributed by atoms with E-state index >= 15 is 0 Å². The van der Waals surface area contributed by atoms with E-state index in [1.807, 2.05) is 0 Å². The van der Waals surface area contributed by atoms with Crippen LogP contribution in [0.4, 0.5) is 5.69 Å². The molecule has 2 aliphatic heterocycles. The van der Waals surface area contributed by atoms with Gasteiger partial charge in [0.2, 0.25) is 0 Å². The Morgan fingerprint density at radius 2 is 1.81 bits per heavy atom. The molecule has 0 radical (unpaired) electrons. The largest absolute Gasteiger partial charge is 0.478 e. The van der Waals surface area contributed by atoms with E-state index < -0.39 is 11.9 Å². The summed E-state index contributed by atoms with van der Waals surface area (Å²) in [6, 6.07) is 13.7. The molecule has 0 bridgehead atoms. The van der Waals surface area contributed by atoms with Gasteiger partial charge in [0, 0.05) is 55.9 Å². The maximum atomic E-state index is 9.55. The van der Waals surface area contributed by atoms with Crippen LogP contribution in [0, 0.1) is 0 Å². The number of carboxylic acid groups (broad SMARTS) is 2. The van der Waals surface area contributed by atoms with Gasteiger partial charge in [-0.2, -0.15) is 0 Å². The zero-order valence-corrected chi connectivity index (χ0v) is 14.2. The maximum Gasteiger partial charge on any atom is 0.328 e. The van der Waals surface area contributed by atoms with Crippen LogP contribution in [0.25, 0.3) is 0 Å². The van der Waals surface area contributed by atoms with Crippen LogP contribution in [0.1, 0.15) is 17.3 Å². The maximum absolute atomic E-state index is 9.55. The molecule has 26 heavy (non-hydrogen) atoms. The third-order valence-electron chi connectivity index (χ3n) is 4.46. The monoisotopic (exact) mass is 355 g/mol. The number of hydrogen-bond donors (Lipinski definition) is 3. The van der Waals surface area contributed by atoms with Crippen molar-refractivity contribution in [3.05, 3.63) is 66.0 Å². The molecule has 1 saturated heterocycles. The first-order valence-corrected chi connectivity index (χ1v) is 8.40. The van der Waals surface area contributed by atoms with E-state index in [-0.39, 0.29) is 0 Å². The average Bonchev–Trinajstić information content (AvgIpc) is 3.04. The number of aromatic nitrogens is 1. The average molecular weight is 355 g/mol. The molecule has 1 aromatic carbocycles. The Morgan fingerprint density at radius 1 is 1.08 bits per heavy atom. The number of nitrogens with one attached hydrogen (secondary N) is 1. The number of carboxylic acids is 2. The second-order valence-electron chi connectivity index (χ2n) is 6.11. The van der Waals surface area contributed by atoms with Gasteiger partial charge in [-0.15, -0.1) is 0 Å². The predicted octanol–water partition coefficient (Wildman–Crippen LogP) is 1.71. The fourth-order valence-corrected chi connectivity index (χ4v) is 3.38. The van der Waals surface area contributed by atoms with Gasteiger partial charge >= 0.3 is 11.9 Å². The molecule has 7 heteroatoms. The minimum atomic E-state index is -1.26. The topological polar surface area (TPSA) is 94.8 Å². The number of nitrogens with zero attached hydrogens (tertiary/aromatic N) is 2. The Bertz CT molecular complexity index is 812. The minimum Gasteiger partial charge on any atom is -0.478 e. The first-order valence-electron chi connectivity index (χ1n) is 8.40. The summed E-state index contributed by atoms with van der Waals surface area (Å²) in [4.78, 5) is 21.7. The number of hydrogen-bond acceptors (Lipinski definition) is 4. The van der Waals surface area contributed by atoms with Crippen LogP contribution >= 0.6 is 0 Å². The third kappa shape index (κ3) is 3.94. The number of aliphatic carboxylic acids is 2. The molecule has 0 spiro atoms. The van der Waals surface area contributed by atoms with Gasteiger partial charge in [-0.05, 0) is 23.8 Å². The Morgan fingerprint density at radius 3 is 2.54 bits per heavy atom. The number of piperazine rings is 1. The van der Waals surface area contributed by atoms with Crippen molar-refractivity contribution in [3.8, 4) is 0 Å². The number of anilines is 1. The van der Waals surface area contributed by atoms with Gasteiger partial charge in [-0.25, -0.2) is 9.59 Å². The summed E-state index contributed by atoms with van der Waals surface area (Å²) in [6.07, 6.45) is 3.31. The zero-order valence-electron chi connectivity index (χ0n) is 14.2. The molecule has 3 N–H and O–H groups in total. The number of carbonyl (C=O) groups is 2. The Labute approximate surface area is 151 Å². The van der Waals surface area contributed by atoms with Crippen molar-refractivity contribution >= 4 is 17.6 Å². The normalized spacial score (nSPS) is 18.0. The fourth-order valence-electron chi connectivity index (χ4n) is 3.38. The van der Waals surface area contributed by atoms with Crippen LogP contribution in [-0.2, 0) is 16.1 Å². The van der Waals surface area contributed by atoms with Crippen LogP contribution in [0.5, 0.6) is 0 Å². The van der Waals surface area contributed by atoms with Crippen molar-refractivity contribution in [2.45, 2.75) is 12.6 Å². The molecule has 1 atom stereocenters. The number of para-hydroxylation sites is 1. The van der Waals surface area contributed by atoms with Crippen molar-refractivity contribution in [1.29, 1.82) is 0 Å². The van der Waals surface area contributed by atoms with E-state index in [0.29, 0.717) is 18.2 Å². The number of fused-ring (bicyclic) bond motifs is 5. The van der Waals surface area contributed by atoms with E-state index in [1.54, 1.807) is 0 Å². The summed E-state index contributed by atoms with van der Waals surface area (Å²) in [7, 11) is 0. The molecular formula is C19H21N3O4. The number of rotatable bonds is 2. The van der Waals surface area contributed by atoms with Crippen molar-refractivity contribution < 1.29 is 19.8 Å². The molecule has 0 saturated carbocycles. The lowest BCUT2D eigenvalue weighted by Gasteiger charge is -2.37. The summed E-state index contributed by atoms with van der Waals surface area (Å²) < 4.78 is 2.39. The van der Waals surface area contributed by atoms with Crippen LogP contribution in [0.15, 0.2) is 54.7 Å². The second kappa shape index (κ2) is 7.88. The molecule has 1 aromatic heterocycles. The minimum absolute atomic E-state index is 0.470. The fraction of sp³-hybridized carbons (Fsp3) is 0.263. The molecule has 136 valence electrons. The molecule has 4 rings (SSSR count). The van der Waals surface area contributed by atoms with Gasteiger partial charge in [0.15, 0.2) is 0 Å². The molecule has 3 heterocycles. The van der Waals surface area contributed by atoms with Gasteiger partial charge in [0.05, 0.1) is 6.04 Å². The van der Waals surface area contributed by atoms with Crippen molar-refractivity contribution in [2.24, 2.45) is 0 Å². The molecule has 0 aliphatic carbocycles. The van der Waals surface area contributed by atoms with Gasteiger partial charge in [-0.1, -0.05) is 18.2 Å². The molecule has 2 aliphatic rings. The van der Waals surface area contributed by atoms with Gasteiger partial charge < -0.3 is 25.0 Å². The van der Waals surface area contributed by atoms with Crippen molar-refractivity contribution in [3.63, 3.8) is 0 Å². The van der Waals surface area contributed by atoms with Gasteiger partial charge in [0.25, 0.3) is 0 Å². The van der Waals surface area contributed by atoms with Crippen molar-refractivity contribution in [2.75, 3.05) is 24.5 Å². The molecule has 1 unspecified atom stereocenters. The molecule has 0 amide bonds. The van der Waals surface area contributed by atoms with E-state index in [0.717, 1.165) is 26.2 Å². The lowest BCUT2D eigenvalue weighted by atomic mass is 10.1. The quantitative estimate of drug-likeness (QED) is 0.710. The van der Waals surface area contributed by atoms with E-state index in [2.05, 4.69) is 57.4 Å². The van der Waals surface area contributed by atoms with E-state index in [1.165, 1.54) is 16.9 Å². The third-order valence-corrected chi connectivity index (χ3v) is 4.46. The summed E-state index contributed by atoms with van der Waals surface area (Å²) in [5.41, 5.74) is 4.27. The zero-order chi connectivity index (χ0) is 18.5. The van der Waals surface area contributed by atoms with Crippen LogP contribution < -0.4 is 10.2 Å². The second-order valence-corrected chi connectivity index (χ2v) is 6.11. The highest BCUT2D eigenvalue weighted by molar-refractivity contribution is 5.89. The smallest absolute Gasteiger partial charge is 0.328 e. The standard InChI is InChI=1S/C15H17N3.C4H4O4/c1-2-5-13-12(4-1)11-17-8-3-6-14(17)15-10-16-7-9-18(13)15;5-3(6)1-2-4(7)8/h1-6,8,15-16H,7,9-11H2;1-2H,(H,5,6)(H,7,8)/b;2-1-. The highest BCUT2D eigenvalue weighted by atomic mass is 16.4. The first-order chi connectivity index (χ1) is 12.6. The highest BCUT2D eigenvalue weighted by Gasteiger charge is 2.29. The van der Waals surface area contributed by atoms with Gasteiger partial charge in [0.1, 0.15) is 0 Å². The molecular weight excluding hydrogens is 334 g/mol. The predicted molar refractivity (Wildman–Crippen MR) is 97.3 cm³/mol. The summed E-state index contributed by atoms with van der Waals surface area (Å²) in [5.74, 6) is -2.51. The Balaban J connectivity index is 0.000000211. The first kappa shape index (κ1) is 17.8. The lowest BCUT2D eigenvalue weighted by Crippen LogP contribution is -2.46. The summed E-state index contributed by atoms with van der Waals surface area (Å²) >= 11 is 0. The van der Waals surface area contributed by atoms with Gasteiger partial charge in [-0.3, -0.25) is 0 Å². The molecule has 7 nitrogen and oxygen atoms in total. The SMILES string of the molecule is O=C(O)/C=C\C(=O)O.c1ccc2c(c1)Cn1cccc1C1CNCCN21. The Kier molecular flexibility index (Phi) is 5.38. The van der Waals surface area contributed by atoms with Crippen LogP contribution in [0.3, 0.4) is 0 Å². The number of benzene rings is 1. The molecule has 2 aromatic rings. The summed E-state index contributed by atoms with van der Waals surface area (Å²) in [6.45, 7) is 4.20. The van der Waals surface area contributed by atoms with Crippen LogP contribution in [-0.4, -0.2) is 46.4 Å².